The van der Waals surface area contributed by atoms with Gasteiger partial charge in [-0.05, 0) is 25.8 Å². The van der Waals surface area contributed by atoms with Crippen molar-refractivity contribution in [2.24, 2.45) is 0 Å². The fourth-order valence-electron chi connectivity index (χ4n) is 2.13. The maximum absolute atomic E-state index is 4.50. The molecule has 0 aliphatic heterocycles. The number of alkyl halides is 1. The van der Waals surface area contributed by atoms with Crippen molar-refractivity contribution >= 4 is 43.3 Å². The number of anilines is 1. The van der Waals surface area contributed by atoms with E-state index < -0.39 is 0 Å². The lowest BCUT2D eigenvalue weighted by Gasteiger charge is -2.22. The average Bonchev–Trinajstić information content (AvgIpc) is 3.07. The molecule has 3 rings (SSSR count). The van der Waals surface area contributed by atoms with Gasteiger partial charge in [0.05, 0.1) is 5.39 Å². The summed E-state index contributed by atoms with van der Waals surface area (Å²) < 4.78 is 0. The average molecular weight is 312 g/mol. The van der Waals surface area contributed by atoms with Crippen LogP contribution in [0, 0.1) is 6.92 Å². The molecule has 17 heavy (non-hydrogen) atoms. The summed E-state index contributed by atoms with van der Waals surface area (Å²) >= 11 is 5.27. The SMILES string of the molecule is Cc1cc2c(N(CCBr)C3CC3)ncnc2s1. The minimum absolute atomic E-state index is 0.686. The summed E-state index contributed by atoms with van der Waals surface area (Å²) in [4.78, 5) is 13.7. The zero-order valence-corrected chi connectivity index (χ0v) is 12.1. The third kappa shape index (κ3) is 2.18. The van der Waals surface area contributed by atoms with E-state index in [9.17, 15) is 0 Å². The van der Waals surface area contributed by atoms with Crippen LogP contribution in [0.1, 0.15) is 17.7 Å². The first-order valence-electron chi connectivity index (χ1n) is 5.83. The molecule has 3 nitrogen and oxygen atoms in total. The van der Waals surface area contributed by atoms with Crippen molar-refractivity contribution in [2.75, 3.05) is 16.8 Å². The zero-order chi connectivity index (χ0) is 11.8. The largest absolute Gasteiger partial charge is 0.352 e. The summed E-state index contributed by atoms with van der Waals surface area (Å²) in [7, 11) is 0. The number of rotatable bonds is 4. The Morgan fingerprint density at radius 2 is 2.29 bits per heavy atom. The number of aromatic nitrogens is 2. The number of thiophene rings is 1. The van der Waals surface area contributed by atoms with Crippen LogP contribution in [-0.4, -0.2) is 27.9 Å². The van der Waals surface area contributed by atoms with E-state index in [0.29, 0.717) is 6.04 Å². The molecule has 0 aromatic carbocycles. The van der Waals surface area contributed by atoms with Crippen molar-refractivity contribution in [3.63, 3.8) is 0 Å². The van der Waals surface area contributed by atoms with Gasteiger partial charge < -0.3 is 4.90 Å². The molecule has 2 heterocycles. The summed E-state index contributed by atoms with van der Waals surface area (Å²) in [5.74, 6) is 1.11. The van der Waals surface area contributed by atoms with E-state index >= 15 is 0 Å². The van der Waals surface area contributed by atoms with Crippen LogP contribution in [0.5, 0.6) is 0 Å². The number of fused-ring (bicyclic) bond motifs is 1. The lowest BCUT2D eigenvalue weighted by atomic mass is 10.3. The molecule has 0 N–H and O–H groups in total. The number of hydrogen-bond donors (Lipinski definition) is 0. The molecule has 0 amide bonds. The maximum atomic E-state index is 4.50. The highest BCUT2D eigenvalue weighted by Crippen LogP contribution is 2.36. The van der Waals surface area contributed by atoms with Crippen LogP contribution >= 0.6 is 27.3 Å². The molecule has 0 unspecified atom stereocenters. The maximum Gasteiger partial charge on any atom is 0.141 e. The van der Waals surface area contributed by atoms with Gasteiger partial charge in [0.1, 0.15) is 17.0 Å². The smallest absolute Gasteiger partial charge is 0.141 e. The van der Waals surface area contributed by atoms with E-state index in [1.165, 1.54) is 23.1 Å². The molecule has 5 heteroatoms. The first kappa shape index (κ1) is 11.4. The van der Waals surface area contributed by atoms with Crippen molar-refractivity contribution in [3.8, 4) is 0 Å². The van der Waals surface area contributed by atoms with E-state index in [2.05, 4.69) is 43.8 Å². The predicted octanol–water partition coefficient (Wildman–Crippen LogP) is 3.36. The van der Waals surface area contributed by atoms with Crippen LogP contribution in [0.25, 0.3) is 10.2 Å². The van der Waals surface area contributed by atoms with Gasteiger partial charge >= 0.3 is 0 Å². The van der Waals surface area contributed by atoms with Gasteiger partial charge in [0.2, 0.25) is 0 Å². The number of halogens is 1. The first-order valence-corrected chi connectivity index (χ1v) is 7.77. The monoisotopic (exact) mass is 311 g/mol. The van der Waals surface area contributed by atoms with E-state index in [-0.39, 0.29) is 0 Å². The standard InChI is InChI=1S/C12H14BrN3S/c1-8-6-10-11(14-7-15-12(10)17-8)16(5-4-13)9-2-3-9/h6-7,9H,2-5H2,1H3. The molecule has 1 aliphatic rings. The van der Waals surface area contributed by atoms with Crippen molar-refractivity contribution in [2.45, 2.75) is 25.8 Å². The van der Waals surface area contributed by atoms with Crippen LogP contribution in [0.2, 0.25) is 0 Å². The first-order chi connectivity index (χ1) is 8.29. The Labute approximate surface area is 113 Å². The second-order valence-electron chi connectivity index (χ2n) is 4.39. The summed E-state index contributed by atoms with van der Waals surface area (Å²) in [6.07, 6.45) is 4.28. The zero-order valence-electron chi connectivity index (χ0n) is 9.69. The summed E-state index contributed by atoms with van der Waals surface area (Å²) in [5.41, 5.74) is 0. The molecular formula is C12H14BrN3S. The van der Waals surface area contributed by atoms with Crippen molar-refractivity contribution in [1.82, 2.24) is 9.97 Å². The second kappa shape index (κ2) is 4.53. The lowest BCUT2D eigenvalue weighted by Crippen LogP contribution is -2.28. The summed E-state index contributed by atoms with van der Waals surface area (Å²) in [5, 5.41) is 2.20. The minimum atomic E-state index is 0.686. The van der Waals surface area contributed by atoms with Crippen LogP contribution in [0.4, 0.5) is 5.82 Å². The van der Waals surface area contributed by atoms with Crippen LogP contribution in [0.3, 0.4) is 0 Å². The molecule has 0 atom stereocenters. The Bertz CT molecular complexity index is 536. The Kier molecular flexibility index (Phi) is 3.04. The number of hydrogen-bond acceptors (Lipinski definition) is 4. The Hall–Kier alpha value is -0.680. The van der Waals surface area contributed by atoms with Crippen molar-refractivity contribution < 1.29 is 0 Å². The van der Waals surface area contributed by atoms with E-state index in [1.807, 2.05) is 0 Å². The molecule has 2 aromatic heterocycles. The Morgan fingerprint density at radius 3 is 3.00 bits per heavy atom. The highest BCUT2D eigenvalue weighted by Gasteiger charge is 2.30. The lowest BCUT2D eigenvalue weighted by molar-refractivity contribution is 0.819. The third-order valence-electron chi connectivity index (χ3n) is 3.02. The highest BCUT2D eigenvalue weighted by molar-refractivity contribution is 9.09. The quantitative estimate of drug-likeness (QED) is 0.811. The van der Waals surface area contributed by atoms with Gasteiger partial charge in [0.25, 0.3) is 0 Å². The highest BCUT2D eigenvalue weighted by atomic mass is 79.9. The van der Waals surface area contributed by atoms with Gasteiger partial charge in [0.15, 0.2) is 0 Å². The fourth-order valence-corrected chi connectivity index (χ4v) is 3.35. The topological polar surface area (TPSA) is 29.0 Å². The third-order valence-corrected chi connectivity index (χ3v) is 4.33. The molecular weight excluding hydrogens is 298 g/mol. The fraction of sp³-hybridized carbons (Fsp3) is 0.500. The minimum Gasteiger partial charge on any atom is -0.352 e. The molecule has 0 spiro atoms. The molecule has 0 bridgehead atoms. The Balaban J connectivity index is 2.07. The van der Waals surface area contributed by atoms with Crippen LogP contribution < -0.4 is 4.90 Å². The molecule has 2 aromatic rings. The summed E-state index contributed by atoms with van der Waals surface area (Å²) in [6.45, 7) is 3.15. The van der Waals surface area contributed by atoms with Crippen LogP contribution in [0.15, 0.2) is 12.4 Å². The van der Waals surface area contributed by atoms with E-state index in [4.69, 9.17) is 0 Å². The van der Waals surface area contributed by atoms with Gasteiger partial charge in [-0.2, -0.15) is 0 Å². The number of nitrogens with zero attached hydrogens (tertiary/aromatic N) is 3. The van der Waals surface area contributed by atoms with Gasteiger partial charge in [-0.3, -0.25) is 0 Å². The van der Waals surface area contributed by atoms with Crippen molar-refractivity contribution in [1.29, 1.82) is 0 Å². The molecule has 0 radical (unpaired) electrons. The molecule has 90 valence electrons. The molecule has 0 saturated heterocycles. The van der Waals surface area contributed by atoms with Gasteiger partial charge in [-0.15, -0.1) is 11.3 Å². The van der Waals surface area contributed by atoms with Gasteiger partial charge in [-0.25, -0.2) is 9.97 Å². The Morgan fingerprint density at radius 1 is 1.47 bits per heavy atom. The van der Waals surface area contributed by atoms with Crippen molar-refractivity contribution in [3.05, 3.63) is 17.3 Å². The molecule has 1 saturated carbocycles. The summed E-state index contributed by atoms with van der Waals surface area (Å²) in [6, 6.07) is 2.89. The van der Waals surface area contributed by atoms with Gasteiger partial charge in [-0.1, -0.05) is 15.9 Å². The second-order valence-corrected chi connectivity index (χ2v) is 6.41. The van der Waals surface area contributed by atoms with Gasteiger partial charge in [0, 0.05) is 22.8 Å². The predicted molar refractivity (Wildman–Crippen MR) is 76.3 cm³/mol. The van der Waals surface area contributed by atoms with E-state index in [0.717, 1.165) is 22.5 Å². The normalized spacial score (nSPS) is 15.4. The van der Waals surface area contributed by atoms with E-state index in [1.54, 1.807) is 17.7 Å². The molecule has 1 aliphatic carbocycles. The number of aryl methyl sites for hydroxylation is 1. The van der Waals surface area contributed by atoms with Crippen LogP contribution in [-0.2, 0) is 0 Å². The molecule has 1 fully saturated rings.